The zero-order valence-electron chi connectivity index (χ0n) is 14.0. The van der Waals surface area contributed by atoms with Gasteiger partial charge in [0.1, 0.15) is 5.75 Å². The number of nitrogens with zero attached hydrogens (tertiary/aromatic N) is 2. The molecule has 0 bridgehead atoms. The molecule has 1 amide bonds. The molecule has 2 aromatic rings. The second-order valence-corrected chi connectivity index (χ2v) is 6.72. The number of carbonyl (C=O) groups excluding carboxylic acids is 1. The minimum Gasteiger partial charge on any atom is -0.497 e. The summed E-state index contributed by atoms with van der Waals surface area (Å²) in [4.78, 5) is 12.7. The van der Waals surface area contributed by atoms with Crippen LogP contribution in [0.25, 0.3) is 0 Å². The smallest absolute Gasteiger partial charge is 0.438 e. The van der Waals surface area contributed by atoms with E-state index in [1.807, 2.05) is 0 Å². The van der Waals surface area contributed by atoms with E-state index in [9.17, 15) is 23.1 Å². The predicted molar refractivity (Wildman–Crippen MR) is 95.5 cm³/mol. The Labute approximate surface area is 161 Å². The largest absolute Gasteiger partial charge is 0.497 e. The monoisotopic (exact) mass is 442 g/mol. The second kappa shape index (κ2) is 6.97. The van der Waals surface area contributed by atoms with Gasteiger partial charge in [-0.2, -0.15) is 23.3 Å². The Morgan fingerprint density at radius 2 is 1.85 bits per heavy atom. The van der Waals surface area contributed by atoms with Crippen molar-refractivity contribution in [1.82, 2.24) is 5.01 Å². The van der Waals surface area contributed by atoms with Gasteiger partial charge in [-0.05, 0) is 57.9 Å². The molecule has 2 aromatic carbocycles. The molecular weight excluding hydrogens is 429 g/mol. The number of hydrazone groups is 1. The molecule has 5 nitrogen and oxygen atoms in total. The molecule has 9 heteroatoms. The maximum atomic E-state index is 13.6. The molecule has 3 rings (SSSR count). The SMILES string of the molecule is COc1ccc(C2=NN(C(=O)c3ccccc3Br)C(O)(C(F)(F)F)C2)cc1. The van der Waals surface area contributed by atoms with Crippen molar-refractivity contribution < 1.29 is 27.8 Å². The summed E-state index contributed by atoms with van der Waals surface area (Å²) in [6.07, 6.45) is -5.97. The van der Waals surface area contributed by atoms with Gasteiger partial charge in [-0.25, -0.2) is 0 Å². The van der Waals surface area contributed by atoms with E-state index in [2.05, 4.69) is 21.0 Å². The van der Waals surface area contributed by atoms with Crippen LogP contribution in [0.2, 0.25) is 0 Å². The standard InChI is InChI=1S/C18H14BrF3N2O3/c1-27-12-8-6-11(7-9-12)15-10-17(26,18(20,21)22)24(23-15)16(25)13-4-2-3-5-14(13)19/h2-9,26H,10H2,1H3. The van der Waals surface area contributed by atoms with Crippen molar-refractivity contribution in [3.05, 3.63) is 64.1 Å². The first-order valence-electron chi connectivity index (χ1n) is 7.77. The average molecular weight is 443 g/mol. The molecule has 1 unspecified atom stereocenters. The summed E-state index contributed by atoms with van der Waals surface area (Å²) in [5.74, 6) is -0.546. The van der Waals surface area contributed by atoms with Crippen LogP contribution in [-0.4, -0.2) is 40.7 Å². The Bertz CT molecular complexity index is 899. The van der Waals surface area contributed by atoms with Crippen LogP contribution in [0.1, 0.15) is 22.3 Å². The minimum atomic E-state index is -5.10. The van der Waals surface area contributed by atoms with Crippen molar-refractivity contribution in [3.63, 3.8) is 0 Å². The van der Waals surface area contributed by atoms with E-state index in [1.54, 1.807) is 18.2 Å². The Morgan fingerprint density at radius 3 is 2.41 bits per heavy atom. The Balaban J connectivity index is 2.05. The molecule has 1 heterocycles. The quantitative estimate of drug-likeness (QED) is 0.782. The van der Waals surface area contributed by atoms with Crippen LogP contribution in [-0.2, 0) is 0 Å². The van der Waals surface area contributed by atoms with Gasteiger partial charge in [0.25, 0.3) is 11.6 Å². The third-order valence-electron chi connectivity index (χ3n) is 4.16. The van der Waals surface area contributed by atoms with Crippen molar-refractivity contribution in [2.24, 2.45) is 5.10 Å². The van der Waals surface area contributed by atoms with Gasteiger partial charge in [0.05, 0.1) is 24.8 Å². The van der Waals surface area contributed by atoms with Crippen molar-refractivity contribution in [2.45, 2.75) is 18.3 Å². The Morgan fingerprint density at radius 1 is 1.22 bits per heavy atom. The van der Waals surface area contributed by atoms with Gasteiger partial charge < -0.3 is 9.84 Å². The summed E-state index contributed by atoms with van der Waals surface area (Å²) >= 11 is 3.14. The minimum absolute atomic E-state index is 0.0418. The van der Waals surface area contributed by atoms with Crippen molar-refractivity contribution in [2.75, 3.05) is 7.11 Å². The number of carbonyl (C=O) groups is 1. The summed E-state index contributed by atoms with van der Waals surface area (Å²) in [6.45, 7) is 0. The molecular formula is C18H14BrF3N2O3. The molecule has 0 radical (unpaired) electrons. The summed E-state index contributed by atoms with van der Waals surface area (Å²) in [5.41, 5.74) is -3.19. The molecule has 0 spiro atoms. The first-order valence-corrected chi connectivity index (χ1v) is 8.57. The zero-order valence-corrected chi connectivity index (χ0v) is 15.6. The third kappa shape index (κ3) is 3.44. The van der Waals surface area contributed by atoms with Gasteiger partial charge in [-0.3, -0.25) is 4.79 Å². The maximum absolute atomic E-state index is 13.6. The highest BCUT2D eigenvalue weighted by Gasteiger charge is 2.63. The van der Waals surface area contributed by atoms with E-state index < -0.39 is 24.2 Å². The number of hydrogen-bond acceptors (Lipinski definition) is 4. The van der Waals surface area contributed by atoms with Gasteiger partial charge in [-0.1, -0.05) is 12.1 Å². The Kier molecular flexibility index (Phi) is 5.00. The normalized spacial score (nSPS) is 19.8. The fourth-order valence-corrected chi connectivity index (χ4v) is 3.13. The van der Waals surface area contributed by atoms with Gasteiger partial charge in [0.2, 0.25) is 0 Å². The number of ether oxygens (including phenoxy) is 1. The highest BCUT2D eigenvalue weighted by atomic mass is 79.9. The highest BCUT2D eigenvalue weighted by Crippen LogP contribution is 2.42. The lowest BCUT2D eigenvalue weighted by Gasteiger charge is -2.32. The number of halogens is 4. The molecule has 0 fully saturated rings. The number of aliphatic hydroxyl groups is 1. The number of benzene rings is 2. The van der Waals surface area contributed by atoms with Gasteiger partial charge in [0.15, 0.2) is 0 Å². The van der Waals surface area contributed by atoms with Crippen LogP contribution >= 0.6 is 15.9 Å². The van der Waals surface area contributed by atoms with Gasteiger partial charge >= 0.3 is 6.18 Å². The van der Waals surface area contributed by atoms with Crippen molar-refractivity contribution in [1.29, 1.82) is 0 Å². The summed E-state index contributed by atoms with van der Waals surface area (Å²) in [5, 5.41) is 14.3. The summed E-state index contributed by atoms with van der Waals surface area (Å²) < 4.78 is 46.2. The van der Waals surface area contributed by atoms with Gasteiger partial charge in [-0.15, -0.1) is 0 Å². The molecule has 1 aliphatic heterocycles. The lowest BCUT2D eigenvalue weighted by atomic mass is 10.0. The van der Waals surface area contributed by atoms with Crippen LogP contribution in [0.5, 0.6) is 5.75 Å². The molecule has 0 aromatic heterocycles. The lowest BCUT2D eigenvalue weighted by Crippen LogP contribution is -2.56. The third-order valence-corrected chi connectivity index (χ3v) is 4.85. The second-order valence-electron chi connectivity index (χ2n) is 5.86. The molecule has 27 heavy (non-hydrogen) atoms. The number of methoxy groups -OCH3 is 1. The molecule has 0 saturated carbocycles. The topological polar surface area (TPSA) is 62.1 Å². The zero-order chi connectivity index (χ0) is 19.8. The van der Waals surface area contributed by atoms with Crippen molar-refractivity contribution in [3.8, 4) is 5.75 Å². The highest BCUT2D eigenvalue weighted by molar-refractivity contribution is 9.10. The van der Waals surface area contributed by atoms with Crippen LogP contribution in [0.4, 0.5) is 13.2 Å². The number of hydrogen-bond donors (Lipinski definition) is 1. The van der Waals surface area contributed by atoms with Crippen LogP contribution in [0.15, 0.2) is 58.1 Å². The lowest BCUT2D eigenvalue weighted by molar-refractivity contribution is -0.297. The van der Waals surface area contributed by atoms with Crippen molar-refractivity contribution >= 4 is 27.5 Å². The van der Waals surface area contributed by atoms with Crippen LogP contribution in [0.3, 0.4) is 0 Å². The van der Waals surface area contributed by atoms with E-state index in [0.717, 1.165) is 0 Å². The molecule has 1 N–H and O–H groups in total. The fraction of sp³-hybridized carbons (Fsp3) is 0.222. The summed E-state index contributed by atoms with van der Waals surface area (Å²) in [6, 6.07) is 12.1. The first kappa shape index (κ1) is 19.4. The van der Waals surface area contributed by atoms with Crippen LogP contribution in [0, 0.1) is 0 Å². The molecule has 0 saturated heterocycles. The number of amides is 1. The molecule has 1 atom stereocenters. The predicted octanol–water partition coefficient (Wildman–Crippen LogP) is 3.96. The first-order chi connectivity index (χ1) is 12.7. The van der Waals surface area contributed by atoms with E-state index in [1.165, 1.54) is 37.4 Å². The fourth-order valence-electron chi connectivity index (χ4n) is 2.67. The Hall–Kier alpha value is -2.39. The summed E-state index contributed by atoms with van der Waals surface area (Å²) in [7, 11) is 1.46. The molecule has 142 valence electrons. The molecule has 1 aliphatic rings. The van der Waals surface area contributed by atoms with E-state index >= 15 is 0 Å². The van der Waals surface area contributed by atoms with E-state index in [0.29, 0.717) is 15.8 Å². The van der Waals surface area contributed by atoms with Crippen LogP contribution < -0.4 is 4.74 Å². The number of alkyl halides is 3. The number of rotatable bonds is 3. The van der Waals surface area contributed by atoms with E-state index in [4.69, 9.17) is 4.74 Å². The maximum Gasteiger partial charge on any atom is 0.438 e. The van der Waals surface area contributed by atoms with E-state index in [-0.39, 0.29) is 16.3 Å². The average Bonchev–Trinajstić information content (AvgIpc) is 3.00. The van der Waals surface area contributed by atoms with Gasteiger partial charge in [0, 0.05) is 4.47 Å². The molecule has 0 aliphatic carbocycles.